The minimum absolute atomic E-state index is 0.00620. The van der Waals surface area contributed by atoms with E-state index < -0.39 is 0 Å². The second kappa shape index (κ2) is 10.2. The minimum atomic E-state index is -0.156. The van der Waals surface area contributed by atoms with Crippen molar-refractivity contribution in [1.82, 2.24) is 9.80 Å². The van der Waals surface area contributed by atoms with Gasteiger partial charge in [0.05, 0.1) is 4.88 Å². The molecule has 0 atom stereocenters. The zero-order valence-corrected chi connectivity index (χ0v) is 18.1. The van der Waals surface area contributed by atoms with Gasteiger partial charge in [-0.05, 0) is 35.2 Å². The van der Waals surface area contributed by atoms with Gasteiger partial charge in [0.2, 0.25) is 0 Å². The van der Waals surface area contributed by atoms with E-state index in [4.69, 9.17) is 0 Å². The Labute approximate surface area is 186 Å². The maximum Gasteiger partial charge on any atom is 0.265 e. The van der Waals surface area contributed by atoms with Gasteiger partial charge in [0.15, 0.2) is 0 Å². The topological polar surface area (TPSA) is 52.7 Å². The van der Waals surface area contributed by atoms with Crippen LogP contribution in [-0.2, 0) is 0 Å². The lowest BCUT2D eigenvalue weighted by molar-refractivity contribution is 0.0650. The number of benzene rings is 2. The maximum absolute atomic E-state index is 13.0. The van der Waals surface area contributed by atoms with Crippen LogP contribution in [0.25, 0.3) is 6.08 Å². The van der Waals surface area contributed by atoms with Crippen molar-refractivity contribution in [2.45, 2.75) is 0 Å². The van der Waals surface area contributed by atoms with E-state index in [1.54, 1.807) is 24.3 Å². The van der Waals surface area contributed by atoms with Gasteiger partial charge in [0, 0.05) is 44.0 Å². The van der Waals surface area contributed by atoms with Gasteiger partial charge in [-0.25, -0.2) is 0 Å². The fourth-order valence-electron chi connectivity index (χ4n) is 3.55. The van der Waals surface area contributed by atoms with Crippen molar-refractivity contribution in [2.75, 3.05) is 38.0 Å². The van der Waals surface area contributed by atoms with Crippen molar-refractivity contribution in [3.05, 3.63) is 94.2 Å². The van der Waals surface area contributed by atoms with Gasteiger partial charge in [-0.1, -0.05) is 54.6 Å². The molecule has 2 amide bonds. The molecule has 0 unspecified atom stereocenters. The third-order valence-corrected chi connectivity index (χ3v) is 6.11. The molecule has 2 aromatic carbocycles. The van der Waals surface area contributed by atoms with E-state index in [0.717, 1.165) is 19.6 Å². The molecule has 0 aliphatic carbocycles. The molecule has 1 aromatic heterocycles. The van der Waals surface area contributed by atoms with E-state index in [-0.39, 0.29) is 11.8 Å². The summed E-state index contributed by atoms with van der Waals surface area (Å²) >= 11 is 1.39. The van der Waals surface area contributed by atoms with Crippen LogP contribution in [0.15, 0.2) is 78.2 Å². The van der Waals surface area contributed by atoms with Crippen LogP contribution in [-0.4, -0.2) is 54.3 Å². The van der Waals surface area contributed by atoms with Crippen LogP contribution in [0.2, 0.25) is 0 Å². The van der Waals surface area contributed by atoms with Crippen LogP contribution in [0.1, 0.15) is 25.6 Å². The number of anilines is 1. The largest absolute Gasteiger partial charge is 0.336 e. The number of piperazine rings is 1. The van der Waals surface area contributed by atoms with Crippen LogP contribution in [0.4, 0.5) is 5.69 Å². The molecule has 1 aliphatic heterocycles. The van der Waals surface area contributed by atoms with Crippen molar-refractivity contribution in [2.24, 2.45) is 0 Å². The second-order valence-electron chi connectivity index (χ2n) is 7.42. The summed E-state index contributed by atoms with van der Waals surface area (Å²) in [6, 6.07) is 21.1. The number of hydrogen-bond donors (Lipinski definition) is 1. The van der Waals surface area contributed by atoms with E-state index in [1.165, 1.54) is 16.9 Å². The number of nitrogens with zero attached hydrogens (tertiary/aromatic N) is 2. The first-order valence-electron chi connectivity index (χ1n) is 10.4. The number of carbonyl (C=O) groups is 2. The molecule has 1 fully saturated rings. The zero-order valence-electron chi connectivity index (χ0n) is 17.2. The minimum Gasteiger partial charge on any atom is -0.336 e. The molecular formula is C25H25N3O2S. The molecule has 0 spiro atoms. The summed E-state index contributed by atoms with van der Waals surface area (Å²) in [6.07, 6.45) is 4.31. The van der Waals surface area contributed by atoms with E-state index in [2.05, 4.69) is 34.5 Å². The Hall–Kier alpha value is -3.22. The predicted molar refractivity (Wildman–Crippen MR) is 127 cm³/mol. The van der Waals surface area contributed by atoms with Gasteiger partial charge in [0.25, 0.3) is 11.8 Å². The summed E-state index contributed by atoms with van der Waals surface area (Å²) in [7, 11) is 0. The normalized spacial score (nSPS) is 14.6. The quantitative estimate of drug-likeness (QED) is 0.626. The fraction of sp³-hybridized carbons (Fsp3) is 0.200. The molecule has 2 heterocycles. The molecular weight excluding hydrogens is 406 g/mol. The first kappa shape index (κ1) is 21.0. The Morgan fingerprint density at radius 1 is 0.935 bits per heavy atom. The summed E-state index contributed by atoms with van der Waals surface area (Å²) in [5, 5.41) is 4.74. The van der Waals surface area contributed by atoms with Crippen LogP contribution >= 0.6 is 11.3 Å². The van der Waals surface area contributed by atoms with E-state index in [9.17, 15) is 9.59 Å². The van der Waals surface area contributed by atoms with Crippen molar-refractivity contribution >= 4 is 34.9 Å². The summed E-state index contributed by atoms with van der Waals surface area (Å²) < 4.78 is 0. The van der Waals surface area contributed by atoms with Gasteiger partial charge in [0.1, 0.15) is 0 Å². The average molecular weight is 432 g/mol. The van der Waals surface area contributed by atoms with Crippen molar-refractivity contribution in [3.63, 3.8) is 0 Å². The monoisotopic (exact) mass is 431 g/mol. The summed E-state index contributed by atoms with van der Waals surface area (Å²) in [6.45, 7) is 3.97. The molecule has 31 heavy (non-hydrogen) atoms. The van der Waals surface area contributed by atoms with E-state index in [0.29, 0.717) is 29.2 Å². The van der Waals surface area contributed by atoms with Crippen molar-refractivity contribution in [1.29, 1.82) is 0 Å². The lowest BCUT2D eigenvalue weighted by Crippen LogP contribution is -2.48. The molecule has 4 rings (SSSR count). The van der Waals surface area contributed by atoms with Crippen molar-refractivity contribution in [3.8, 4) is 0 Å². The van der Waals surface area contributed by atoms with E-state index in [1.807, 2.05) is 40.6 Å². The summed E-state index contributed by atoms with van der Waals surface area (Å²) in [4.78, 5) is 30.1. The predicted octanol–water partition coefficient (Wildman–Crippen LogP) is 4.47. The van der Waals surface area contributed by atoms with Crippen LogP contribution in [0, 0.1) is 0 Å². The number of carbonyl (C=O) groups excluding carboxylic acids is 2. The maximum atomic E-state index is 13.0. The molecule has 6 heteroatoms. The Bertz CT molecular complexity index is 1040. The average Bonchev–Trinajstić information content (AvgIpc) is 3.35. The number of hydrogen-bond acceptors (Lipinski definition) is 4. The molecule has 0 saturated carbocycles. The molecule has 3 aromatic rings. The first-order chi connectivity index (χ1) is 15.2. The van der Waals surface area contributed by atoms with Crippen LogP contribution in [0.3, 0.4) is 0 Å². The third kappa shape index (κ3) is 5.69. The Morgan fingerprint density at radius 3 is 2.48 bits per heavy atom. The number of nitrogens with one attached hydrogen (secondary N) is 1. The van der Waals surface area contributed by atoms with Crippen molar-refractivity contribution < 1.29 is 9.59 Å². The number of amides is 2. The molecule has 0 bridgehead atoms. The van der Waals surface area contributed by atoms with Gasteiger partial charge >= 0.3 is 0 Å². The number of rotatable bonds is 6. The van der Waals surface area contributed by atoms with Gasteiger partial charge < -0.3 is 10.2 Å². The number of thiophene rings is 1. The molecule has 5 nitrogen and oxygen atoms in total. The smallest absolute Gasteiger partial charge is 0.265 e. The second-order valence-corrected chi connectivity index (χ2v) is 8.37. The third-order valence-electron chi connectivity index (χ3n) is 5.25. The highest BCUT2D eigenvalue weighted by molar-refractivity contribution is 7.12. The highest BCUT2D eigenvalue weighted by Crippen LogP contribution is 2.17. The molecule has 158 valence electrons. The first-order valence-corrected chi connectivity index (χ1v) is 11.3. The molecule has 1 aliphatic rings. The fourth-order valence-corrected chi connectivity index (χ4v) is 4.17. The highest BCUT2D eigenvalue weighted by atomic mass is 32.1. The SMILES string of the molecule is O=C(Nc1cccc(C(=O)N2CCN(CC=Cc3ccccc3)CC2)c1)c1cccs1. The lowest BCUT2D eigenvalue weighted by Gasteiger charge is -2.34. The van der Waals surface area contributed by atoms with E-state index >= 15 is 0 Å². The molecule has 0 radical (unpaired) electrons. The Kier molecular flexibility index (Phi) is 6.92. The Morgan fingerprint density at radius 2 is 1.74 bits per heavy atom. The molecule has 1 saturated heterocycles. The Balaban J connectivity index is 1.29. The van der Waals surface area contributed by atoms with Crippen LogP contribution in [0.5, 0.6) is 0 Å². The highest BCUT2D eigenvalue weighted by Gasteiger charge is 2.22. The lowest BCUT2D eigenvalue weighted by atomic mass is 10.1. The zero-order chi connectivity index (χ0) is 21.5. The summed E-state index contributed by atoms with van der Waals surface area (Å²) in [5.74, 6) is -0.150. The standard InChI is InChI=1S/C25H25N3O2S/c29-24(23-12-6-18-31-23)26-22-11-4-10-21(19-22)25(30)28-16-14-27(15-17-28)13-5-9-20-7-2-1-3-8-20/h1-12,18-19H,13-17H2,(H,26,29). The van der Waals surface area contributed by atoms with Gasteiger partial charge in [-0.3, -0.25) is 14.5 Å². The van der Waals surface area contributed by atoms with Gasteiger partial charge in [-0.2, -0.15) is 0 Å². The van der Waals surface area contributed by atoms with Crippen LogP contribution < -0.4 is 5.32 Å². The van der Waals surface area contributed by atoms with Gasteiger partial charge in [-0.15, -0.1) is 11.3 Å². The summed E-state index contributed by atoms with van der Waals surface area (Å²) in [5.41, 5.74) is 2.43. The molecule has 1 N–H and O–H groups in total.